The third-order valence-corrected chi connectivity index (χ3v) is 5.52. The van der Waals surface area contributed by atoms with Crippen molar-refractivity contribution in [2.45, 2.75) is 32.4 Å². The van der Waals surface area contributed by atoms with Gasteiger partial charge in [0.2, 0.25) is 0 Å². The van der Waals surface area contributed by atoms with Crippen molar-refractivity contribution < 1.29 is 4.74 Å². The van der Waals surface area contributed by atoms with Crippen molar-refractivity contribution in [1.29, 1.82) is 0 Å². The van der Waals surface area contributed by atoms with Gasteiger partial charge in [-0.25, -0.2) is 0 Å². The molecule has 0 aliphatic carbocycles. The first-order valence-corrected chi connectivity index (χ1v) is 10.1. The monoisotopic (exact) mass is 368 g/mol. The zero-order valence-corrected chi connectivity index (χ0v) is 17.5. The Labute approximate surface area is 160 Å². The molecule has 0 aromatic heterocycles. The number of hydrogen-bond acceptors (Lipinski definition) is 5. The average molecular weight is 369 g/mol. The van der Waals surface area contributed by atoms with Crippen LogP contribution in [0.25, 0.3) is 0 Å². The van der Waals surface area contributed by atoms with Crippen LogP contribution in [0.1, 0.15) is 20.3 Å². The van der Waals surface area contributed by atoms with E-state index in [1.54, 1.807) is 0 Å². The number of rotatable bonds is 7. The maximum atomic E-state index is 5.52. The van der Waals surface area contributed by atoms with Crippen LogP contribution in [-0.4, -0.2) is 113 Å². The van der Waals surface area contributed by atoms with E-state index < -0.39 is 0 Å². The Balaban J connectivity index is 1.81. The molecule has 0 aromatic carbocycles. The standard InChI is InChI=1S/C19H40N6O/c1-16(2)12-17(25-8-10-26-11-9-25)13-21-19(20-3)22-14-18-15-23(4)6-7-24(18)5/h16-18H,6-15H2,1-5H3,(H2,20,21,22). The van der Waals surface area contributed by atoms with Gasteiger partial charge < -0.3 is 20.3 Å². The molecule has 26 heavy (non-hydrogen) atoms. The quantitative estimate of drug-likeness (QED) is 0.493. The van der Waals surface area contributed by atoms with E-state index in [-0.39, 0.29) is 0 Å². The van der Waals surface area contributed by atoms with Gasteiger partial charge in [0, 0.05) is 64.9 Å². The summed E-state index contributed by atoms with van der Waals surface area (Å²) in [4.78, 5) is 11.8. The minimum Gasteiger partial charge on any atom is -0.379 e. The van der Waals surface area contributed by atoms with Crippen molar-refractivity contribution in [3.8, 4) is 0 Å². The van der Waals surface area contributed by atoms with Gasteiger partial charge in [-0.05, 0) is 26.4 Å². The first-order chi connectivity index (χ1) is 12.5. The lowest BCUT2D eigenvalue weighted by Crippen LogP contribution is -2.56. The van der Waals surface area contributed by atoms with Crippen molar-refractivity contribution >= 4 is 5.96 Å². The van der Waals surface area contributed by atoms with E-state index in [2.05, 4.69) is 58.3 Å². The maximum absolute atomic E-state index is 5.52. The van der Waals surface area contributed by atoms with Crippen LogP contribution in [0.4, 0.5) is 0 Å². The van der Waals surface area contributed by atoms with Crippen LogP contribution < -0.4 is 10.6 Å². The Hall–Kier alpha value is -0.890. The minimum atomic E-state index is 0.526. The zero-order chi connectivity index (χ0) is 18.9. The summed E-state index contributed by atoms with van der Waals surface area (Å²) in [7, 11) is 6.27. The molecule has 2 N–H and O–H groups in total. The summed E-state index contributed by atoms with van der Waals surface area (Å²) < 4.78 is 5.52. The summed E-state index contributed by atoms with van der Waals surface area (Å²) in [6.07, 6.45) is 1.19. The normalized spacial score (nSPS) is 25.5. The molecule has 0 amide bonds. The molecule has 7 nitrogen and oxygen atoms in total. The van der Waals surface area contributed by atoms with Crippen molar-refractivity contribution in [1.82, 2.24) is 25.3 Å². The first-order valence-electron chi connectivity index (χ1n) is 10.1. The molecule has 7 heteroatoms. The van der Waals surface area contributed by atoms with Crippen LogP contribution in [0, 0.1) is 5.92 Å². The summed E-state index contributed by atoms with van der Waals surface area (Å²) in [6.45, 7) is 13.6. The van der Waals surface area contributed by atoms with Gasteiger partial charge in [-0.15, -0.1) is 0 Å². The Morgan fingerprint density at radius 2 is 1.85 bits per heavy atom. The summed E-state index contributed by atoms with van der Waals surface area (Å²) in [5, 5.41) is 7.09. The Bertz CT molecular complexity index is 424. The van der Waals surface area contributed by atoms with Gasteiger partial charge in [0.1, 0.15) is 0 Å². The molecule has 2 atom stereocenters. The smallest absolute Gasteiger partial charge is 0.191 e. The van der Waals surface area contributed by atoms with Gasteiger partial charge in [0.25, 0.3) is 0 Å². The molecule has 0 bridgehead atoms. The first kappa shape index (κ1) is 21.4. The number of ether oxygens (including phenoxy) is 1. The minimum absolute atomic E-state index is 0.526. The van der Waals surface area contributed by atoms with Gasteiger partial charge >= 0.3 is 0 Å². The molecule has 2 aliphatic heterocycles. The van der Waals surface area contributed by atoms with Crippen LogP contribution >= 0.6 is 0 Å². The molecule has 0 saturated carbocycles. The maximum Gasteiger partial charge on any atom is 0.191 e. The van der Waals surface area contributed by atoms with Gasteiger partial charge in [0.05, 0.1) is 13.2 Å². The molecule has 2 unspecified atom stereocenters. The number of hydrogen-bond donors (Lipinski definition) is 2. The largest absolute Gasteiger partial charge is 0.379 e. The molecule has 2 saturated heterocycles. The summed E-state index contributed by atoms with van der Waals surface area (Å²) in [5.41, 5.74) is 0. The SMILES string of the molecule is CN=C(NCC1CN(C)CCN1C)NCC(CC(C)C)N1CCOCC1. The van der Waals surface area contributed by atoms with Gasteiger partial charge in [-0.2, -0.15) is 0 Å². The Morgan fingerprint density at radius 1 is 1.12 bits per heavy atom. The Morgan fingerprint density at radius 3 is 2.50 bits per heavy atom. The van der Waals surface area contributed by atoms with E-state index in [4.69, 9.17) is 4.74 Å². The van der Waals surface area contributed by atoms with E-state index in [1.165, 1.54) is 6.42 Å². The predicted octanol–water partition coefficient (Wildman–Crippen LogP) is 0.144. The van der Waals surface area contributed by atoms with Crippen LogP contribution in [0.3, 0.4) is 0 Å². The second-order valence-electron chi connectivity index (χ2n) is 8.16. The number of likely N-dealkylation sites (N-methyl/N-ethyl adjacent to an activating group) is 2. The lowest BCUT2D eigenvalue weighted by atomic mass is 10.0. The van der Waals surface area contributed by atoms with Crippen molar-refractivity contribution in [2.75, 3.05) is 80.2 Å². The topological polar surface area (TPSA) is 55.4 Å². The van der Waals surface area contributed by atoms with E-state index in [9.17, 15) is 0 Å². The number of nitrogens with one attached hydrogen (secondary N) is 2. The van der Waals surface area contributed by atoms with Crippen LogP contribution in [0.5, 0.6) is 0 Å². The number of aliphatic imine (C=N–C) groups is 1. The molecule has 2 aliphatic rings. The lowest BCUT2D eigenvalue weighted by Gasteiger charge is -2.38. The molecule has 2 fully saturated rings. The predicted molar refractivity (Wildman–Crippen MR) is 109 cm³/mol. The van der Waals surface area contributed by atoms with E-state index in [1.807, 2.05) is 7.05 Å². The molecule has 0 aromatic rings. The number of piperazine rings is 1. The molecule has 0 spiro atoms. The van der Waals surface area contributed by atoms with Crippen molar-refractivity contribution in [2.24, 2.45) is 10.9 Å². The number of morpholine rings is 1. The molecular weight excluding hydrogens is 328 g/mol. The highest BCUT2D eigenvalue weighted by atomic mass is 16.5. The van der Waals surface area contributed by atoms with Crippen molar-refractivity contribution in [3.63, 3.8) is 0 Å². The van der Waals surface area contributed by atoms with E-state index in [0.29, 0.717) is 18.0 Å². The van der Waals surface area contributed by atoms with Crippen LogP contribution in [0.15, 0.2) is 4.99 Å². The van der Waals surface area contributed by atoms with Crippen LogP contribution in [0.2, 0.25) is 0 Å². The zero-order valence-electron chi connectivity index (χ0n) is 17.5. The Kier molecular flexibility index (Phi) is 9.11. The van der Waals surface area contributed by atoms with Crippen LogP contribution in [-0.2, 0) is 4.74 Å². The fourth-order valence-corrected chi connectivity index (χ4v) is 3.82. The summed E-state index contributed by atoms with van der Waals surface area (Å²) in [5.74, 6) is 1.60. The lowest BCUT2D eigenvalue weighted by molar-refractivity contribution is 0.0132. The fraction of sp³-hybridized carbons (Fsp3) is 0.947. The molecular formula is C19H40N6O. The fourth-order valence-electron chi connectivity index (χ4n) is 3.82. The highest BCUT2D eigenvalue weighted by molar-refractivity contribution is 5.79. The second kappa shape index (κ2) is 11.1. The molecule has 0 radical (unpaired) electrons. The van der Waals surface area contributed by atoms with Gasteiger partial charge in [0.15, 0.2) is 5.96 Å². The molecule has 152 valence electrons. The molecule has 2 heterocycles. The van der Waals surface area contributed by atoms with Crippen molar-refractivity contribution in [3.05, 3.63) is 0 Å². The average Bonchev–Trinajstić information content (AvgIpc) is 2.63. The third-order valence-electron chi connectivity index (χ3n) is 5.52. The van der Waals surface area contributed by atoms with E-state index >= 15 is 0 Å². The highest BCUT2D eigenvalue weighted by Crippen LogP contribution is 2.13. The van der Waals surface area contributed by atoms with Gasteiger partial charge in [-0.1, -0.05) is 13.8 Å². The second-order valence-corrected chi connectivity index (χ2v) is 8.16. The van der Waals surface area contributed by atoms with Gasteiger partial charge in [-0.3, -0.25) is 14.8 Å². The summed E-state index contributed by atoms with van der Waals surface area (Å²) >= 11 is 0. The number of nitrogens with zero attached hydrogens (tertiary/aromatic N) is 4. The number of guanidine groups is 1. The third kappa shape index (κ3) is 7.02. The molecule has 2 rings (SSSR count). The highest BCUT2D eigenvalue weighted by Gasteiger charge is 2.24. The summed E-state index contributed by atoms with van der Waals surface area (Å²) in [6, 6.07) is 1.05. The van der Waals surface area contributed by atoms with E-state index in [0.717, 1.165) is 65.0 Å².